The molecule has 6 nitrogen and oxygen atoms in total. The predicted octanol–water partition coefficient (Wildman–Crippen LogP) is 0.916. The van der Waals surface area contributed by atoms with Crippen LogP contribution in [-0.2, 0) is 0 Å². The summed E-state index contributed by atoms with van der Waals surface area (Å²) in [5.74, 6) is -0.412. The Labute approximate surface area is 105 Å². The van der Waals surface area contributed by atoms with Crippen LogP contribution in [0.4, 0.5) is 5.82 Å². The van der Waals surface area contributed by atoms with Crippen LogP contribution >= 0.6 is 0 Å². The van der Waals surface area contributed by atoms with Crippen molar-refractivity contribution in [2.75, 3.05) is 18.0 Å². The largest absolute Gasteiger partial charge is 0.476 e. The molecule has 18 heavy (non-hydrogen) atoms. The smallest absolute Gasteiger partial charge is 0.356 e. The summed E-state index contributed by atoms with van der Waals surface area (Å²) < 4.78 is 0. The molecule has 0 bridgehead atoms. The minimum absolute atomic E-state index is 0.0550. The average Bonchev–Trinajstić information content (AvgIpc) is 2.50. The maximum Gasteiger partial charge on any atom is 0.356 e. The SMILES string of the molecule is CC1(O)CCCN(c2cnc(C(=O)O)cn2)CC1. The number of hydrogen-bond donors (Lipinski definition) is 2. The van der Waals surface area contributed by atoms with Crippen LogP contribution in [0.3, 0.4) is 0 Å². The highest BCUT2D eigenvalue weighted by molar-refractivity contribution is 5.84. The van der Waals surface area contributed by atoms with Crippen LogP contribution in [0.1, 0.15) is 36.7 Å². The second-order valence-electron chi connectivity index (χ2n) is 4.90. The van der Waals surface area contributed by atoms with E-state index in [0.717, 1.165) is 19.4 Å². The first-order chi connectivity index (χ1) is 8.48. The number of rotatable bonds is 2. The van der Waals surface area contributed by atoms with Crippen LogP contribution in [0.2, 0.25) is 0 Å². The molecule has 0 spiro atoms. The first-order valence-corrected chi connectivity index (χ1v) is 6.01. The van der Waals surface area contributed by atoms with Crippen LogP contribution < -0.4 is 4.90 Å². The molecular formula is C12H17N3O3. The van der Waals surface area contributed by atoms with E-state index in [1.807, 2.05) is 11.8 Å². The van der Waals surface area contributed by atoms with Crippen molar-refractivity contribution >= 4 is 11.8 Å². The number of carbonyl (C=O) groups is 1. The van der Waals surface area contributed by atoms with Gasteiger partial charge >= 0.3 is 5.97 Å². The monoisotopic (exact) mass is 251 g/mol. The van der Waals surface area contributed by atoms with E-state index in [-0.39, 0.29) is 5.69 Å². The number of carboxylic acids is 1. The van der Waals surface area contributed by atoms with Crippen LogP contribution in [0.15, 0.2) is 12.4 Å². The molecule has 0 amide bonds. The molecule has 0 aliphatic carbocycles. The summed E-state index contributed by atoms with van der Waals surface area (Å²) in [6.45, 7) is 3.35. The fourth-order valence-electron chi connectivity index (χ4n) is 2.09. The first-order valence-electron chi connectivity index (χ1n) is 6.01. The minimum Gasteiger partial charge on any atom is -0.476 e. The fraction of sp³-hybridized carbons (Fsp3) is 0.583. The molecule has 0 saturated carbocycles. The molecule has 2 N–H and O–H groups in total. The highest BCUT2D eigenvalue weighted by atomic mass is 16.4. The Kier molecular flexibility index (Phi) is 3.47. The van der Waals surface area contributed by atoms with Crippen LogP contribution in [0, 0.1) is 0 Å². The van der Waals surface area contributed by atoms with E-state index in [1.54, 1.807) is 0 Å². The van der Waals surface area contributed by atoms with Crippen molar-refractivity contribution in [3.8, 4) is 0 Å². The van der Waals surface area contributed by atoms with E-state index in [9.17, 15) is 9.90 Å². The zero-order valence-corrected chi connectivity index (χ0v) is 10.3. The molecule has 1 aliphatic rings. The van der Waals surface area contributed by atoms with E-state index in [4.69, 9.17) is 5.11 Å². The lowest BCUT2D eigenvalue weighted by Crippen LogP contribution is -2.29. The Morgan fingerprint density at radius 1 is 1.33 bits per heavy atom. The third kappa shape index (κ3) is 2.95. The fourth-order valence-corrected chi connectivity index (χ4v) is 2.09. The number of aromatic carboxylic acids is 1. The molecule has 0 radical (unpaired) electrons. The molecule has 1 atom stereocenters. The topological polar surface area (TPSA) is 86.5 Å². The van der Waals surface area contributed by atoms with Crippen molar-refractivity contribution in [2.45, 2.75) is 31.8 Å². The van der Waals surface area contributed by atoms with Crippen LogP contribution in [-0.4, -0.2) is 44.8 Å². The predicted molar refractivity (Wildman–Crippen MR) is 65.7 cm³/mol. The van der Waals surface area contributed by atoms with Gasteiger partial charge in [0.1, 0.15) is 5.82 Å². The van der Waals surface area contributed by atoms with Crippen molar-refractivity contribution in [2.24, 2.45) is 0 Å². The number of nitrogens with zero attached hydrogens (tertiary/aromatic N) is 3. The zero-order valence-electron chi connectivity index (χ0n) is 10.3. The molecule has 1 aromatic rings. The standard InChI is InChI=1S/C12H17N3O3/c1-12(18)3-2-5-15(6-4-12)10-8-13-9(7-14-10)11(16)17/h7-8,18H,2-6H2,1H3,(H,16,17). The molecule has 1 aliphatic heterocycles. The summed E-state index contributed by atoms with van der Waals surface area (Å²) in [5.41, 5.74) is -0.677. The van der Waals surface area contributed by atoms with Gasteiger partial charge in [0, 0.05) is 13.1 Å². The van der Waals surface area contributed by atoms with Gasteiger partial charge in [-0.3, -0.25) is 0 Å². The molecular weight excluding hydrogens is 234 g/mol. The molecule has 2 heterocycles. The Morgan fingerprint density at radius 3 is 2.72 bits per heavy atom. The highest BCUT2D eigenvalue weighted by Gasteiger charge is 2.25. The molecule has 1 fully saturated rings. The first kappa shape index (κ1) is 12.8. The van der Waals surface area contributed by atoms with Crippen LogP contribution in [0.5, 0.6) is 0 Å². The van der Waals surface area contributed by atoms with Crippen molar-refractivity contribution < 1.29 is 15.0 Å². The normalized spacial score (nSPS) is 24.7. The number of anilines is 1. The molecule has 1 unspecified atom stereocenters. The van der Waals surface area contributed by atoms with Gasteiger partial charge in [-0.2, -0.15) is 0 Å². The summed E-state index contributed by atoms with van der Waals surface area (Å²) >= 11 is 0. The Balaban J connectivity index is 2.09. The summed E-state index contributed by atoms with van der Waals surface area (Å²) in [6, 6.07) is 0. The summed E-state index contributed by atoms with van der Waals surface area (Å²) in [5, 5.41) is 18.7. The molecule has 1 aromatic heterocycles. The molecule has 98 valence electrons. The van der Waals surface area contributed by atoms with Gasteiger partial charge in [-0.05, 0) is 26.2 Å². The van der Waals surface area contributed by atoms with E-state index >= 15 is 0 Å². The quantitative estimate of drug-likeness (QED) is 0.812. The molecule has 1 saturated heterocycles. The number of carboxylic acid groups (broad SMARTS) is 1. The Hall–Kier alpha value is -1.69. The summed E-state index contributed by atoms with van der Waals surface area (Å²) in [7, 11) is 0. The van der Waals surface area contributed by atoms with Gasteiger partial charge in [0.2, 0.25) is 0 Å². The number of hydrogen-bond acceptors (Lipinski definition) is 5. The van der Waals surface area contributed by atoms with Gasteiger partial charge in [0.05, 0.1) is 18.0 Å². The minimum atomic E-state index is -1.08. The average molecular weight is 251 g/mol. The van der Waals surface area contributed by atoms with E-state index < -0.39 is 11.6 Å². The maximum absolute atomic E-state index is 10.7. The summed E-state index contributed by atoms with van der Waals surface area (Å²) in [4.78, 5) is 20.7. The lowest BCUT2D eigenvalue weighted by Gasteiger charge is -2.23. The maximum atomic E-state index is 10.7. The van der Waals surface area contributed by atoms with Crippen molar-refractivity contribution in [1.29, 1.82) is 0 Å². The van der Waals surface area contributed by atoms with Gasteiger partial charge in [-0.15, -0.1) is 0 Å². The number of aromatic nitrogens is 2. The molecule has 0 aromatic carbocycles. The molecule has 2 rings (SSSR count). The second-order valence-corrected chi connectivity index (χ2v) is 4.90. The lowest BCUT2D eigenvalue weighted by atomic mass is 9.98. The van der Waals surface area contributed by atoms with Crippen molar-refractivity contribution in [3.05, 3.63) is 18.1 Å². The third-order valence-electron chi connectivity index (χ3n) is 3.25. The van der Waals surface area contributed by atoms with Gasteiger partial charge < -0.3 is 15.1 Å². The Bertz CT molecular complexity index is 431. The third-order valence-corrected chi connectivity index (χ3v) is 3.25. The van der Waals surface area contributed by atoms with Crippen molar-refractivity contribution in [3.63, 3.8) is 0 Å². The van der Waals surface area contributed by atoms with Crippen molar-refractivity contribution in [1.82, 2.24) is 9.97 Å². The van der Waals surface area contributed by atoms with E-state index in [1.165, 1.54) is 12.4 Å². The molecule has 6 heteroatoms. The summed E-state index contributed by atoms with van der Waals surface area (Å²) in [6.07, 6.45) is 5.07. The van der Waals surface area contributed by atoms with E-state index in [0.29, 0.717) is 18.8 Å². The van der Waals surface area contributed by atoms with Gasteiger partial charge in [-0.1, -0.05) is 0 Å². The second kappa shape index (κ2) is 4.89. The lowest BCUT2D eigenvalue weighted by molar-refractivity contribution is 0.0481. The van der Waals surface area contributed by atoms with Gasteiger partial charge in [0.25, 0.3) is 0 Å². The zero-order chi connectivity index (χ0) is 13.2. The Morgan fingerprint density at radius 2 is 2.11 bits per heavy atom. The highest BCUT2D eigenvalue weighted by Crippen LogP contribution is 2.23. The van der Waals surface area contributed by atoms with E-state index in [2.05, 4.69) is 9.97 Å². The van der Waals surface area contributed by atoms with Gasteiger partial charge in [0.15, 0.2) is 5.69 Å². The number of aliphatic hydroxyl groups is 1. The van der Waals surface area contributed by atoms with Crippen LogP contribution in [0.25, 0.3) is 0 Å². The van der Waals surface area contributed by atoms with Gasteiger partial charge in [-0.25, -0.2) is 14.8 Å².